The number of aromatic amines is 1. The molecule has 2 aromatic carbocycles. The molecule has 158 valence electrons. The quantitative estimate of drug-likeness (QED) is 0.260. The Morgan fingerprint density at radius 1 is 1.12 bits per heavy atom. The lowest BCUT2D eigenvalue weighted by atomic mass is 9.96. The van der Waals surface area contributed by atoms with Crippen LogP contribution in [0.1, 0.15) is 22.7 Å². The number of aliphatic hydroxyl groups is 1. The number of para-hydroxylation sites is 1. The summed E-state index contributed by atoms with van der Waals surface area (Å²) in [6.45, 7) is 1.82. The molecule has 0 saturated carbocycles. The standard InChI is InChI=1S/C25H18ClN3O3/c1-14-11-16(26)8-9-20(14)29-22(15-5-4-10-27-12-15)21(24(31)25(29)32)23(30)18-13-28-19-7-3-2-6-17(18)19/h2-13,22,28,30H,1H3/b23-21-. The third kappa shape index (κ3) is 3.08. The fourth-order valence-corrected chi connectivity index (χ4v) is 4.46. The molecular weight excluding hydrogens is 426 g/mol. The number of hydrogen-bond donors (Lipinski definition) is 2. The Balaban J connectivity index is 1.77. The van der Waals surface area contributed by atoms with Crippen molar-refractivity contribution in [2.24, 2.45) is 0 Å². The van der Waals surface area contributed by atoms with E-state index in [1.165, 1.54) is 4.90 Å². The lowest BCUT2D eigenvalue weighted by Gasteiger charge is -2.26. The molecule has 1 unspecified atom stereocenters. The number of carbonyl (C=O) groups is 2. The smallest absolute Gasteiger partial charge is 0.300 e. The molecule has 1 aliphatic heterocycles. The molecule has 1 fully saturated rings. The first-order valence-electron chi connectivity index (χ1n) is 10.0. The maximum atomic E-state index is 13.3. The van der Waals surface area contributed by atoms with Gasteiger partial charge in [-0.3, -0.25) is 19.5 Å². The molecule has 7 heteroatoms. The Kier molecular flexibility index (Phi) is 4.79. The predicted molar refractivity (Wildman–Crippen MR) is 124 cm³/mol. The van der Waals surface area contributed by atoms with Crippen LogP contribution in [0.25, 0.3) is 16.7 Å². The number of benzene rings is 2. The fourth-order valence-electron chi connectivity index (χ4n) is 4.24. The predicted octanol–water partition coefficient (Wildman–Crippen LogP) is 5.15. The van der Waals surface area contributed by atoms with Crippen molar-refractivity contribution >= 4 is 45.6 Å². The summed E-state index contributed by atoms with van der Waals surface area (Å²) >= 11 is 6.11. The zero-order valence-corrected chi connectivity index (χ0v) is 17.8. The summed E-state index contributed by atoms with van der Waals surface area (Å²) in [4.78, 5) is 35.2. The Labute approximate surface area is 188 Å². The number of nitrogens with zero attached hydrogens (tertiary/aromatic N) is 2. The molecule has 0 spiro atoms. The fraction of sp³-hybridized carbons (Fsp3) is 0.0800. The van der Waals surface area contributed by atoms with Crippen LogP contribution in [0.4, 0.5) is 5.69 Å². The highest BCUT2D eigenvalue weighted by atomic mass is 35.5. The van der Waals surface area contributed by atoms with Crippen LogP contribution in [-0.2, 0) is 9.59 Å². The highest BCUT2D eigenvalue weighted by Gasteiger charge is 2.47. The number of Topliss-reactive ketones (excluding diaryl/α,β-unsaturated/α-hetero) is 1. The van der Waals surface area contributed by atoms with Crippen molar-refractivity contribution in [1.29, 1.82) is 0 Å². The van der Waals surface area contributed by atoms with Gasteiger partial charge in [-0.15, -0.1) is 0 Å². The van der Waals surface area contributed by atoms with E-state index in [0.717, 1.165) is 16.5 Å². The van der Waals surface area contributed by atoms with E-state index in [1.807, 2.05) is 31.2 Å². The number of aryl methyl sites for hydroxylation is 1. The van der Waals surface area contributed by atoms with Gasteiger partial charge in [-0.1, -0.05) is 35.9 Å². The van der Waals surface area contributed by atoms with Crippen molar-refractivity contribution in [3.05, 3.63) is 100 Å². The average molecular weight is 444 g/mol. The van der Waals surface area contributed by atoms with Gasteiger partial charge in [0.05, 0.1) is 11.6 Å². The number of halogens is 1. The number of amides is 1. The van der Waals surface area contributed by atoms with Gasteiger partial charge < -0.3 is 10.1 Å². The first kappa shape index (κ1) is 20.0. The number of aliphatic hydroxyl groups excluding tert-OH is 1. The van der Waals surface area contributed by atoms with Crippen molar-refractivity contribution in [2.75, 3.05) is 4.90 Å². The molecule has 1 saturated heterocycles. The molecule has 5 rings (SSSR count). The van der Waals surface area contributed by atoms with Crippen LogP contribution in [0.2, 0.25) is 5.02 Å². The number of pyridine rings is 1. The maximum absolute atomic E-state index is 13.3. The van der Waals surface area contributed by atoms with Crippen molar-refractivity contribution in [1.82, 2.24) is 9.97 Å². The van der Waals surface area contributed by atoms with Crippen LogP contribution in [0.15, 0.2) is 78.8 Å². The van der Waals surface area contributed by atoms with Crippen LogP contribution in [0, 0.1) is 6.92 Å². The molecule has 4 aromatic rings. The second-order valence-electron chi connectivity index (χ2n) is 7.63. The SMILES string of the molecule is Cc1cc(Cl)ccc1N1C(=O)C(=O)/C(=C(\O)c2c[nH]c3ccccc23)C1c1cccnc1. The number of H-pyrrole nitrogens is 1. The maximum Gasteiger partial charge on any atom is 0.300 e. The second kappa shape index (κ2) is 7.66. The summed E-state index contributed by atoms with van der Waals surface area (Å²) in [6.07, 6.45) is 4.85. The van der Waals surface area contributed by atoms with Gasteiger partial charge in [0.2, 0.25) is 0 Å². The molecule has 6 nitrogen and oxygen atoms in total. The molecule has 2 aromatic heterocycles. The van der Waals surface area contributed by atoms with Crippen LogP contribution in [0.5, 0.6) is 0 Å². The number of hydrogen-bond acceptors (Lipinski definition) is 4. The molecular formula is C25H18ClN3O3. The number of nitrogens with one attached hydrogen (secondary N) is 1. The van der Waals surface area contributed by atoms with E-state index in [1.54, 1.807) is 48.9 Å². The van der Waals surface area contributed by atoms with Gasteiger partial charge in [-0.05, 0) is 48.4 Å². The van der Waals surface area contributed by atoms with Gasteiger partial charge in [0.25, 0.3) is 11.7 Å². The Bertz CT molecular complexity index is 1410. The second-order valence-corrected chi connectivity index (χ2v) is 8.07. The summed E-state index contributed by atoms with van der Waals surface area (Å²) in [5.41, 5.74) is 3.18. The highest BCUT2D eigenvalue weighted by Crippen LogP contribution is 2.43. The summed E-state index contributed by atoms with van der Waals surface area (Å²) in [5.74, 6) is -1.70. The molecule has 1 atom stereocenters. The van der Waals surface area contributed by atoms with Gasteiger partial charge in [0.15, 0.2) is 0 Å². The van der Waals surface area contributed by atoms with Crippen LogP contribution in [-0.4, -0.2) is 26.8 Å². The van der Waals surface area contributed by atoms with Gasteiger partial charge >= 0.3 is 0 Å². The first-order valence-corrected chi connectivity index (χ1v) is 10.4. The third-order valence-corrected chi connectivity index (χ3v) is 5.94. The number of fused-ring (bicyclic) bond motifs is 1. The number of carbonyl (C=O) groups excluding carboxylic acids is 2. The molecule has 0 aliphatic carbocycles. The zero-order chi connectivity index (χ0) is 22.4. The molecule has 1 aliphatic rings. The largest absolute Gasteiger partial charge is 0.507 e. The van der Waals surface area contributed by atoms with E-state index in [2.05, 4.69) is 9.97 Å². The van der Waals surface area contributed by atoms with Crippen LogP contribution >= 0.6 is 11.6 Å². The van der Waals surface area contributed by atoms with Crippen molar-refractivity contribution < 1.29 is 14.7 Å². The van der Waals surface area contributed by atoms with E-state index >= 15 is 0 Å². The Morgan fingerprint density at radius 2 is 1.94 bits per heavy atom. The van der Waals surface area contributed by atoms with Crippen molar-refractivity contribution in [3.63, 3.8) is 0 Å². The number of anilines is 1. The molecule has 32 heavy (non-hydrogen) atoms. The molecule has 1 amide bonds. The Hall–Kier alpha value is -3.90. The first-order chi connectivity index (χ1) is 15.5. The van der Waals surface area contributed by atoms with Crippen molar-refractivity contribution in [3.8, 4) is 0 Å². The molecule has 0 bridgehead atoms. The third-order valence-electron chi connectivity index (χ3n) is 5.71. The van der Waals surface area contributed by atoms with Crippen LogP contribution in [0.3, 0.4) is 0 Å². The summed E-state index contributed by atoms with van der Waals surface area (Å²) in [7, 11) is 0. The molecule has 0 radical (unpaired) electrons. The molecule has 2 N–H and O–H groups in total. The van der Waals surface area contributed by atoms with Gasteiger partial charge in [-0.2, -0.15) is 0 Å². The van der Waals surface area contributed by atoms with E-state index in [-0.39, 0.29) is 11.3 Å². The Morgan fingerprint density at radius 3 is 2.69 bits per heavy atom. The highest BCUT2D eigenvalue weighted by molar-refractivity contribution is 6.52. The summed E-state index contributed by atoms with van der Waals surface area (Å²) in [6, 6.07) is 15.2. The normalized spacial score (nSPS) is 17.9. The molecule has 3 heterocycles. The lowest BCUT2D eigenvalue weighted by Crippen LogP contribution is -2.30. The van der Waals surface area contributed by atoms with E-state index in [4.69, 9.17) is 11.6 Å². The summed E-state index contributed by atoms with van der Waals surface area (Å²) in [5, 5.41) is 12.6. The monoisotopic (exact) mass is 443 g/mol. The van der Waals surface area contributed by atoms with Crippen LogP contribution < -0.4 is 4.90 Å². The zero-order valence-electron chi connectivity index (χ0n) is 17.0. The minimum atomic E-state index is -0.836. The average Bonchev–Trinajstić information content (AvgIpc) is 3.34. The number of rotatable bonds is 3. The topological polar surface area (TPSA) is 86.3 Å². The van der Waals surface area contributed by atoms with E-state index in [0.29, 0.717) is 21.8 Å². The number of aromatic nitrogens is 2. The minimum Gasteiger partial charge on any atom is -0.507 e. The van der Waals surface area contributed by atoms with Gasteiger partial charge in [-0.25, -0.2) is 0 Å². The van der Waals surface area contributed by atoms with Crippen molar-refractivity contribution in [2.45, 2.75) is 13.0 Å². The van der Waals surface area contributed by atoms with E-state index < -0.39 is 17.7 Å². The van der Waals surface area contributed by atoms with E-state index in [9.17, 15) is 14.7 Å². The lowest BCUT2D eigenvalue weighted by molar-refractivity contribution is -0.132. The van der Waals surface area contributed by atoms with Gasteiger partial charge in [0, 0.05) is 45.8 Å². The number of ketones is 1. The summed E-state index contributed by atoms with van der Waals surface area (Å²) < 4.78 is 0. The van der Waals surface area contributed by atoms with Gasteiger partial charge in [0.1, 0.15) is 5.76 Å². The minimum absolute atomic E-state index is 0.0158.